The minimum atomic E-state index is -0.112. The van der Waals surface area contributed by atoms with Crippen molar-refractivity contribution in [3.63, 3.8) is 0 Å². The Balaban J connectivity index is 2.15. The zero-order valence-corrected chi connectivity index (χ0v) is 9.84. The van der Waals surface area contributed by atoms with Gasteiger partial charge < -0.3 is 5.32 Å². The maximum Gasteiger partial charge on any atom is 0.242 e. The number of rotatable bonds is 4. The highest BCUT2D eigenvalue weighted by molar-refractivity contribution is 5.83. The normalized spacial score (nSPS) is 20.2. The van der Waals surface area contributed by atoms with E-state index in [-0.39, 0.29) is 17.7 Å². The number of amides is 2. The number of carbonyl (C=O) groups excluding carboxylic acids is 2. The summed E-state index contributed by atoms with van der Waals surface area (Å²) in [5.41, 5.74) is 4.93. The van der Waals surface area contributed by atoms with E-state index in [1.54, 1.807) is 0 Å². The van der Waals surface area contributed by atoms with Gasteiger partial charge in [-0.3, -0.25) is 20.4 Å². The Hall–Kier alpha value is -1.10. The molecule has 16 heavy (non-hydrogen) atoms. The molecule has 0 aromatic heterocycles. The summed E-state index contributed by atoms with van der Waals surface area (Å²) in [5.74, 6) is -0.212. The van der Waals surface area contributed by atoms with Gasteiger partial charge in [-0.15, -0.1) is 0 Å². The van der Waals surface area contributed by atoms with Crippen LogP contribution in [0.2, 0.25) is 0 Å². The molecule has 2 amide bonds. The Morgan fingerprint density at radius 2 is 2.19 bits per heavy atom. The second kappa shape index (κ2) is 7.22. The summed E-state index contributed by atoms with van der Waals surface area (Å²) in [5, 5.41) is 3.16. The van der Waals surface area contributed by atoms with Crippen molar-refractivity contribution in [3.8, 4) is 0 Å². The zero-order valence-electron chi connectivity index (χ0n) is 9.84. The lowest BCUT2D eigenvalue weighted by Crippen LogP contribution is -2.48. The van der Waals surface area contributed by atoms with E-state index in [2.05, 4.69) is 16.2 Å². The molecule has 1 unspecified atom stereocenters. The number of hydrogen-bond acceptors (Lipinski definition) is 3. The fraction of sp³-hybridized carbons (Fsp3) is 0.818. The summed E-state index contributed by atoms with van der Waals surface area (Å²) >= 11 is 0. The van der Waals surface area contributed by atoms with Crippen molar-refractivity contribution in [2.24, 2.45) is 5.92 Å². The highest BCUT2D eigenvalue weighted by atomic mass is 16.2. The number of piperidine rings is 1. The van der Waals surface area contributed by atoms with Gasteiger partial charge in [-0.25, -0.2) is 0 Å². The standard InChI is InChI=1S/C11H21N3O2/c1-2-3-6-10(15)13-14-11(16)9-5-4-7-12-8-9/h9,12H,2-8H2,1H3,(H,13,15)(H,14,16). The quantitative estimate of drug-likeness (QED) is 0.606. The van der Waals surface area contributed by atoms with Gasteiger partial charge in [-0.05, 0) is 25.8 Å². The summed E-state index contributed by atoms with van der Waals surface area (Å²) < 4.78 is 0. The molecule has 0 radical (unpaired) electrons. The predicted molar refractivity (Wildman–Crippen MR) is 61.4 cm³/mol. The molecule has 5 heteroatoms. The molecule has 0 aliphatic carbocycles. The molecular weight excluding hydrogens is 206 g/mol. The van der Waals surface area contributed by atoms with Crippen LogP contribution < -0.4 is 16.2 Å². The molecule has 1 fully saturated rings. The molecule has 1 heterocycles. The first-order chi connectivity index (χ1) is 7.74. The molecule has 0 bridgehead atoms. The van der Waals surface area contributed by atoms with Crippen LogP contribution in [0.25, 0.3) is 0 Å². The molecule has 1 rings (SSSR count). The number of carbonyl (C=O) groups is 2. The molecule has 0 aromatic carbocycles. The highest BCUT2D eigenvalue weighted by Crippen LogP contribution is 2.08. The number of unbranched alkanes of at least 4 members (excludes halogenated alkanes) is 1. The summed E-state index contributed by atoms with van der Waals surface area (Å²) in [7, 11) is 0. The largest absolute Gasteiger partial charge is 0.316 e. The second-order valence-corrected chi connectivity index (χ2v) is 4.18. The van der Waals surface area contributed by atoms with Gasteiger partial charge in [0, 0.05) is 13.0 Å². The lowest BCUT2D eigenvalue weighted by Gasteiger charge is -2.21. The van der Waals surface area contributed by atoms with Crippen LogP contribution in [-0.2, 0) is 9.59 Å². The van der Waals surface area contributed by atoms with Crippen LogP contribution in [0.1, 0.15) is 39.0 Å². The molecule has 0 saturated carbocycles. The van der Waals surface area contributed by atoms with E-state index in [0.717, 1.165) is 32.2 Å². The smallest absolute Gasteiger partial charge is 0.242 e. The van der Waals surface area contributed by atoms with Crippen LogP contribution in [0.4, 0.5) is 0 Å². The van der Waals surface area contributed by atoms with Gasteiger partial charge in [0.2, 0.25) is 11.8 Å². The van der Waals surface area contributed by atoms with Crippen molar-refractivity contribution in [2.45, 2.75) is 39.0 Å². The van der Waals surface area contributed by atoms with Crippen molar-refractivity contribution in [1.82, 2.24) is 16.2 Å². The first-order valence-electron chi connectivity index (χ1n) is 6.03. The summed E-state index contributed by atoms with van der Waals surface area (Å²) in [6, 6.07) is 0. The highest BCUT2D eigenvalue weighted by Gasteiger charge is 2.20. The van der Waals surface area contributed by atoms with Gasteiger partial charge >= 0.3 is 0 Å². The average molecular weight is 227 g/mol. The van der Waals surface area contributed by atoms with Crippen molar-refractivity contribution in [1.29, 1.82) is 0 Å². The van der Waals surface area contributed by atoms with E-state index in [9.17, 15) is 9.59 Å². The zero-order chi connectivity index (χ0) is 11.8. The van der Waals surface area contributed by atoms with Crippen LogP contribution in [0.5, 0.6) is 0 Å². The number of hydrogen-bond donors (Lipinski definition) is 3. The third-order valence-corrected chi connectivity index (χ3v) is 2.75. The van der Waals surface area contributed by atoms with Crippen LogP contribution in [-0.4, -0.2) is 24.9 Å². The van der Waals surface area contributed by atoms with Crippen LogP contribution >= 0.6 is 0 Å². The van der Waals surface area contributed by atoms with Crippen LogP contribution in [0, 0.1) is 5.92 Å². The molecular formula is C11H21N3O2. The molecule has 1 atom stereocenters. The predicted octanol–water partition coefficient (Wildman–Crippen LogP) is 0.324. The maximum absolute atomic E-state index is 11.6. The average Bonchev–Trinajstić information content (AvgIpc) is 2.34. The third kappa shape index (κ3) is 4.61. The van der Waals surface area contributed by atoms with E-state index < -0.39 is 0 Å². The monoisotopic (exact) mass is 227 g/mol. The SMILES string of the molecule is CCCCC(=O)NNC(=O)C1CCCNC1. The molecule has 1 aliphatic rings. The van der Waals surface area contributed by atoms with E-state index >= 15 is 0 Å². The summed E-state index contributed by atoms with van der Waals surface area (Å²) in [4.78, 5) is 22.9. The molecule has 0 spiro atoms. The van der Waals surface area contributed by atoms with Gasteiger partial charge in [0.05, 0.1) is 5.92 Å². The topological polar surface area (TPSA) is 70.2 Å². The first-order valence-corrected chi connectivity index (χ1v) is 6.03. The lowest BCUT2D eigenvalue weighted by atomic mass is 9.99. The van der Waals surface area contributed by atoms with Crippen molar-refractivity contribution >= 4 is 11.8 Å². The fourth-order valence-corrected chi connectivity index (χ4v) is 1.71. The van der Waals surface area contributed by atoms with Gasteiger partial charge in [-0.1, -0.05) is 13.3 Å². The number of hydrazine groups is 1. The molecule has 0 aromatic rings. The van der Waals surface area contributed by atoms with E-state index in [0.29, 0.717) is 13.0 Å². The maximum atomic E-state index is 11.6. The van der Waals surface area contributed by atoms with Crippen molar-refractivity contribution in [2.75, 3.05) is 13.1 Å². The molecule has 5 nitrogen and oxygen atoms in total. The van der Waals surface area contributed by atoms with Crippen LogP contribution in [0.15, 0.2) is 0 Å². The fourth-order valence-electron chi connectivity index (χ4n) is 1.71. The van der Waals surface area contributed by atoms with Gasteiger partial charge in [0.15, 0.2) is 0 Å². The Kier molecular flexibility index (Phi) is 5.85. The Morgan fingerprint density at radius 3 is 2.81 bits per heavy atom. The van der Waals surface area contributed by atoms with Crippen molar-refractivity contribution < 1.29 is 9.59 Å². The first kappa shape index (κ1) is 13.0. The summed E-state index contributed by atoms with van der Waals surface area (Å²) in [6.07, 6.45) is 4.21. The van der Waals surface area contributed by atoms with E-state index in [1.807, 2.05) is 6.92 Å². The van der Waals surface area contributed by atoms with Crippen LogP contribution in [0.3, 0.4) is 0 Å². The second-order valence-electron chi connectivity index (χ2n) is 4.18. The third-order valence-electron chi connectivity index (χ3n) is 2.75. The minimum absolute atomic E-state index is 0.0137. The van der Waals surface area contributed by atoms with Crippen molar-refractivity contribution in [3.05, 3.63) is 0 Å². The lowest BCUT2D eigenvalue weighted by molar-refractivity contribution is -0.131. The Morgan fingerprint density at radius 1 is 1.38 bits per heavy atom. The summed E-state index contributed by atoms with van der Waals surface area (Å²) in [6.45, 7) is 3.71. The van der Waals surface area contributed by atoms with Gasteiger partial charge in [0.1, 0.15) is 0 Å². The van der Waals surface area contributed by atoms with E-state index in [4.69, 9.17) is 0 Å². The van der Waals surface area contributed by atoms with E-state index in [1.165, 1.54) is 0 Å². The minimum Gasteiger partial charge on any atom is -0.316 e. The molecule has 1 saturated heterocycles. The Bertz CT molecular complexity index is 237. The number of nitrogens with one attached hydrogen (secondary N) is 3. The van der Waals surface area contributed by atoms with Gasteiger partial charge in [0.25, 0.3) is 0 Å². The van der Waals surface area contributed by atoms with Gasteiger partial charge in [-0.2, -0.15) is 0 Å². The molecule has 3 N–H and O–H groups in total. The Labute approximate surface area is 96.3 Å². The molecule has 1 aliphatic heterocycles. The molecule has 92 valence electrons.